The third-order valence-corrected chi connectivity index (χ3v) is 5.81. The maximum atomic E-state index is 12.8. The standard InChI is InChI=1S/C22H23NO4/c1-22(2)12-11-19(20(24)25)23(22)21(26)27-13-18-16-9-5-3-7-14(16)15-8-4-6-10-17(15)18/h3-10,18-19H,11-13H2,1-2H3,(H,24,25)/t19-/m1/s1. The fraction of sp³-hybridized carbons (Fsp3) is 0.364. The van der Waals surface area contributed by atoms with Crippen molar-refractivity contribution in [3.05, 3.63) is 59.7 Å². The van der Waals surface area contributed by atoms with E-state index in [-0.39, 0.29) is 12.5 Å². The molecule has 0 aromatic heterocycles. The summed E-state index contributed by atoms with van der Waals surface area (Å²) in [5, 5.41) is 9.46. The van der Waals surface area contributed by atoms with E-state index >= 15 is 0 Å². The lowest BCUT2D eigenvalue weighted by Gasteiger charge is -2.33. The highest BCUT2D eigenvalue weighted by Crippen LogP contribution is 2.44. The molecule has 2 aliphatic rings. The zero-order valence-electron chi connectivity index (χ0n) is 15.5. The van der Waals surface area contributed by atoms with Crippen LogP contribution < -0.4 is 0 Å². The van der Waals surface area contributed by atoms with E-state index in [4.69, 9.17) is 4.74 Å². The van der Waals surface area contributed by atoms with Crippen LogP contribution in [0.2, 0.25) is 0 Å². The van der Waals surface area contributed by atoms with E-state index in [0.717, 1.165) is 11.1 Å². The number of hydrogen-bond acceptors (Lipinski definition) is 3. The van der Waals surface area contributed by atoms with Gasteiger partial charge in [-0.05, 0) is 48.9 Å². The van der Waals surface area contributed by atoms with E-state index in [1.807, 2.05) is 38.1 Å². The van der Waals surface area contributed by atoms with Gasteiger partial charge in [0.2, 0.25) is 0 Å². The molecule has 5 nitrogen and oxygen atoms in total. The van der Waals surface area contributed by atoms with Crippen molar-refractivity contribution in [3.63, 3.8) is 0 Å². The Morgan fingerprint density at radius 3 is 2.19 bits per heavy atom. The average molecular weight is 365 g/mol. The topological polar surface area (TPSA) is 66.8 Å². The summed E-state index contributed by atoms with van der Waals surface area (Å²) in [6, 6.07) is 15.5. The van der Waals surface area contributed by atoms with E-state index in [1.54, 1.807) is 0 Å². The lowest BCUT2D eigenvalue weighted by molar-refractivity contribution is -0.142. The first-order valence-corrected chi connectivity index (χ1v) is 9.27. The molecule has 1 aliphatic carbocycles. The van der Waals surface area contributed by atoms with E-state index in [9.17, 15) is 14.7 Å². The molecule has 1 aliphatic heterocycles. The minimum atomic E-state index is -0.978. The lowest BCUT2D eigenvalue weighted by Crippen LogP contribution is -2.50. The number of carboxylic acid groups (broad SMARTS) is 1. The van der Waals surface area contributed by atoms with Crippen LogP contribution in [-0.4, -0.2) is 40.3 Å². The minimum absolute atomic E-state index is 0.0321. The number of fused-ring (bicyclic) bond motifs is 3. The lowest BCUT2D eigenvalue weighted by atomic mass is 9.98. The number of ether oxygens (including phenoxy) is 1. The van der Waals surface area contributed by atoms with E-state index < -0.39 is 23.6 Å². The summed E-state index contributed by atoms with van der Waals surface area (Å²) in [6.07, 6.45) is 0.549. The van der Waals surface area contributed by atoms with Crippen LogP contribution in [0.15, 0.2) is 48.5 Å². The van der Waals surface area contributed by atoms with Crippen LogP contribution in [0.3, 0.4) is 0 Å². The van der Waals surface area contributed by atoms with Gasteiger partial charge in [-0.1, -0.05) is 48.5 Å². The molecule has 5 heteroatoms. The molecule has 27 heavy (non-hydrogen) atoms. The highest BCUT2D eigenvalue weighted by Gasteiger charge is 2.47. The number of likely N-dealkylation sites (tertiary alicyclic amines) is 1. The zero-order chi connectivity index (χ0) is 19.2. The number of hydrogen-bond donors (Lipinski definition) is 1. The molecule has 4 rings (SSSR count). The van der Waals surface area contributed by atoms with Gasteiger partial charge in [-0.3, -0.25) is 4.90 Å². The number of amides is 1. The van der Waals surface area contributed by atoms with Crippen molar-refractivity contribution >= 4 is 12.1 Å². The first-order valence-electron chi connectivity index (χ1n) is 9.27. The number of carbonyl (C=O) groups is 2. The van der Waals surface area contributed by atoms with Gasteiger partial charge in [-0.25, -0.2) is 9.59 Å². The summed E-state index contributed by atoms with van der Waals surface area (Å²) in [4.78, 5) is 25.7. The van der Waals surface area contributed by atoms with Gasteiger partial charge in [0.05, 0.1) is 0 Å². The highest BCUT2D eigenvalue weighted by molar-refractivity contribution is 5.82. The van der Waals surface area contributed by atoms with Crippen molar-refractivity contribution in [2.45, 2.75) is 44.2 Å². The van der Waals surface area contributed by atoms with Gasteiger partial charge in [0.1, 0.15) is 12.6 Å². The molecule has 1 saturated heterocycles. The zero-order valence-corrected chi connectivity index (χ0v) is 15.5. The normalized spacial score (nSPS) is 20.2. The Hall–Kier alpha value is -2.82. The smallest absolute Gasteiger partial charge is 0.410 e. The molecule has 1 heterocycles. The molecule has 1 fully saturated rings. The summed E-state index contributed by atoms with van der Waals surface area (Å²) in [5.41, 5.74) is 4.09. The molecule has 140 valence electrons. The van der Waals surface area contributed by atoms with Crippen molar-refractivity contribution in [2.24, 2.45) is 0 Å². The third kappa shape index (κ3) is 2.87. The van der Waals surface area contributed by atoms with Crippen molar-refractivity contribution in [2.75, 3.05) is 6.61 Å². The van der Waals surface area contributed by atoms with Crippen LogP contribution in [0.1, 0.15) is 43.7 Å². The molecule has 0 unspecified atom stereocenters. The number of carbonyl (C=O) groups excluding carboxylic acids is 1. The van der Waals surface area contributed by atoms with Crippen LogP contribution in [0.25, 0.3) is 11.1 Å². The number of carboxylic acids is 1. The van der Waals surface area contributed by atoms with Crippen LogP contribution in [0.4, 0.5) is 4.79 Å². The molecule has 1 atom stereocenters. The van der Waals surface area contributed by atoms with Gasteiger partial charge < -0.3 is 9.84 Å². The number of nitrogens with zero attached hydrogens (tertiary/aromatic N) is 1. The summed E-state index contributed by atoms with van der Waals surface area (Å²) in [5.74, 6) is -1.01. The van der Waals surface area contributed by atoms with Crippen molar-refractivity contribution in [1.82, 2.24) is 4.90 Å². The Kier molecular flexibility index (Phi) is 4.17. The molecular formula is C22H23NO4. The first kappa shape index (κ1) is 17.6. The van der Waals surface area contributed by atoms with Crippen LogP contribution >= 0.6 is 0 Å². The molecule has 1 N–H and O–H groups in total. The third-order valence-electron chi connectivity index (χ3n) is 5.81. The summed E-state index contributed by atoms with van der Waals surface area (Å²) < 4.78 is 5.66. The van der Waals surface area contributed by atoms with Gasteiger partial charge in [-0.2, -0.15) is 0 Å². The van der Waals surface area contributed by atoms with E-state index in [0.29, 0.717) is 12.8 Å². The van der Waals surface area contributed by atoms with Gasteiger partial charge in [0, 0.05) is 11.5 Å². The Labute approximate surface area is 158 Å². The second-order valence-corrected chi connectivity index (χ2v) is 7.88. The minimum Gasteiger partial charge on any atom is -0.480 e. The van der Waals surface area contributed by atoms with E-state index in [1.165, 1.54) is 16.0 Å². The average Bonchev–Trinajstić information content (AvgIpc) is 3.14. The van der Waals surface area contributed by atoms with Gasteiger partial charge >= 0.3 is 12.1 Å². The number of benzene rings is 2. The Morgan fingerprint density at radius 1 is 1.07 bits per heavy atom. The Morgan fingerprint density at radius 2 is 1.63 bits per heavy atom. The fourth-order valence-electron chi connectivity index (χ4n) is 4.43. The summed E-state index contributed by atoms with van der Waals surface area (Å²) >= 11 is 0. The molecule has 0 spiro atoms. The molecular weight excluding hydrogens is 342 g/mol. The fourth-order valence-corrected chi connectivity index (χ4v) is 4.43. The van der Waals surface area contributed by atoms with Crippen molar-refractivity contribution in [3.8, 4) is 11.1 Å². The molecule has 1 amide bonds. The number of rotatable bonds is 3. The second kappa shape index (κ2) is 6.41. The Balaban J connectivity index is 1.57. The van der Waals surface area contributed by atoms with Crippen molar-refractivity contribution < 1.29 is 19.4 Å². The predicted molar refractivity (Wildman–Crippen MR) is 102 cm³/mol. The highest BCUT2D eigenvalue weighted by atomic mass is 16.6. The van der Waals surface area contributed by atoms with Crippen molar-refractivity contribution in [1.29, 1.82) is 0 Å². The number of aliphatic carboxylic acids is 1. The molecule has 2 aromatic carbocycles. The van der Waals surface area contributed by atoms with Gasteiger partial charge in [-0.15, -0.1) is 0 Å². The molecule has 0 bridgehead atoms. The van der Waals surface area contributed by atoms with E-state index in [2.05, 4.69) is 24.3 Å². The predicted octanol–water partition coefficient (Wildman–Crippen LogP) is 4.26. The first-order chi connectivity index (χ1) is 12.9. The summed E-state index contributed by atoms with van der Waals surface area (Å²) in [7, 11) is 0. The maximum absolute atomic E-state index is 12.8. The molecule has 0 saturated carbocycles. The second-order valence-electron chi connectivity index (χ2n) is 7.88. The quantitative estimate of drug-likeness (QED) is 0.882. The van der Waals surface area contributed by atoms with Crippen LogP contribution in [-0.2, 0) is 9.53 Å². The molecule has 0 radical (unpaired) electrons. The van der Waals surface area contributed by atoms with Gasteiger partial charge in [0.15, 0.2) is 0 Å². The maximum Gasteiger partial charge on any atom is 0.410 e. The SMILES string of the molecule is CC1(C)CC[C@H](C(=O)O)N1C(=O)OCC1c2ccccc2-c2ccccc21. The Bertz CT molecular complexity index is 859. The summed E-state index contributed by atoms with van der Waals surface area (Å²) in [6.45, 7) is 3.97. The van der Waals surface area contributed by atoms with Crippen LogP contribution in [0.5, 0.6) is 0 Å². The largest absolute Gasteiger partial charge is 0.480 e. The molecule has 2 aromatic rings. The van der Waals surface area contributed by atoms with Crippen LogP contribution in [0, 0.1) is 0 Å². The monoisotopic (exact) mass is 365 g/mol. The van der Waals surface area contributed by atoms with Gasteiger partial charge in [0.25, 0.3) is 0 Å².